The molecule has 1 N–H and O–H groups in total. The molecule has 4 rings (SSSR count). The maximum Gasteiger partial charge on any atom is 0.282 e. The number of amides is 2. The number of hydrogen-bond donors (Lipinski definition) is 1. The molecule has 3 aromatic carbocycles. The van der Waals surface area contributed by atoms with E-state index in [9.17, 15) is 9.59 Å². The Morgan fingerprint density at radius 3 is 2.39 bits per heavy atom. The van der Waals surface area contributed by atoms with Crippen molar-refractivity contribution in [2.45, 2.75) is 20.5 Å². The number of benzene rings is 3. The monoisotopic (exact) mass is 462 g/mol. The fourth-order valence-corrected chi connectivity index (χ4v) is 3.53. The van der Waals surface area contributed by atoms with Crippen molar-refractivity contribution in [2.24, 2.45) is 0 Å². The van der Waals surface area contributed by atoms with Crippen molar-refractivity contribution in [3.8, 4) is 11.5 Å². The number of nitrogens with zero attached hydrogens (tertiary/aromatic N) is 1. The summed E-state index contributed by atoms with van der Waals surface area (Å²) in [5, 5.41) is 1.93. The summed E-state index contributed by atoms with van der Waals surface area (Å²) in [4.78, 5) is 25.5. The van der Waals surface area contributed by atoms with Crippen LogP contribution in [0.1, 0.15) is 22.3 Å². The summed E-state index contributed by atoms with van der Waals surface area (Å²) in [5.74, 6) is 0.175. The van der Waals surface area contributed by atoms with E-state index in [1.165, 1.54) is 12.1 Å². The van der Waals surface area contributed by atoms with Crippen molar-refractivity contribution in [1.82, 2.24) is 5.43 Å². The Morgan fingerprint density at radius 1 is 0.939 bits per heavy atom. The number of carbonyl (C=O) groups is 2. The first-order valence-electron chi connectivity index (χ1n) is 10.4. The van der Waals surface area contributed by atoms with E-state index in [4.69, 9.17) is 21.1 Å². The zero-order valence-electron chi connectivity index (χ0n) is 18.5. The van der Waals surface area contributed by atoms with Crippen molar-refractivity contribution in [3.05, 3.63) is 93.5 Å². The van der Waals surface area contributed by atoms with Crippen molar-refractivity contribution in [3.63, 3.8) is 0 Å². The van der Waals surface area contributed by atoms with E-state index in [1.807, 2.05) is 38.1 Å². The molecule has 0 bridgehead atoms. The molecular weight excluding hydrogens is 440 g/mol. The minimum atomic E-state index is -0.458. The van der Waals surface area contributed by atoms with Crippen LogP contribution in [0.25, 0.3) is 6.08 Å². The third kappa shape index (κ3) is 4.86. The van der Waals surface area contributed by atoms with Gasteiger partial charge in [-0.2, -0.15) is 0 Å². The zero-order valence-corrected chi connectivity index (χ0v) is 19.3. The number of methoxy groups -OCH3 is 1. The minimum Gasteiger partial charge on any atom is -0.493 e. The highest BCUT2D eigenvalue weighted by Crippen LogP contribution is 2.31. The lowest BCUT2D eigenvalue weighted by Gasteiger charge is -2.16. The summed E-state index contributed by atoms with van der Waals surface area (Å²) in [7, 11) is 1.54. The Kier molecular flexibility index (Phi) is 6.38. The Morgan fingerprint density at radius 2 is 1.70 bits per heavy atom. The highest BCUT2D eigenvalue weighted by molar-refractivity contribution is 6.31. The summed E-state index contributed by atoms with van der Waals surface area (Å²) in [6.07, 6.45) is 1.55. The Labute approximate surface area is 197 Å². The fraction of sp³-hybridized carbons (Fsp3) is 0.154. The largest absolute Gasteiger partial charge is 0.493 e. The van der Waals surface area contributed by atoms with Gasteiger partial charge in [0.05, 0.1) is 12.8 Å². The van der Waals surface area contributed by atoms with Crippen molar-refractivity contribution in [1.29, 1.82) is 0 Å². The van der Waals surface area contributed by atoms with Gasteiger partial charge in [-0.1, -0.05) is 35.9 Å². The van der Waals surface area contributed by atoms with E-state index in [0.717, 1.165) is 16.7 Å². The molecule has 0 radical (unpaired) electrons. The van der Waals surface area contributed by atoms with Gasteiger partial charge in [-0.15, -0.1) is 0 Å². The molecule has 1 aliphatic heterocycles. The van der Waals surface area contributed by atoms with E-state index < -0.39 is 11.8 Å². The van der Waals surface area contributed by atoms with Crippen molar-refractivity contribution in [2.75, 3.05) is 12.1 Å². The second-order valence-corrected chi connectivity index (χ2v) is 8.17. The summed E-state index contributed by atoms with van der Waals surface area (Å²) in [5.41, 5.74) is 7.04. The molecule has 0 saturated carbocycles. The molecular formula is C26H23ClN2O4. The van der Waals surface area contributed by atoms with E-state index in [-0.39, 0.29) is 5.57 Å². The standard InChI is InChI=1S/C26H23ClN2O4/c1-16-4-10-21(12-17(16)2)29-26(31)22(25(30)28-29)13-19-7-11-23(24(14-19)32-3)33-15-18-5-8-20(27)9-6-18/h4-14H,15H2,1-3H3,(H,28,30)/b22-13-. The molecule has 168 valence electrons. The molecule has 0 aliphatic carbocycles. The smallest absolute Gasteiger partial charge is 0.282 e. The second kappa shape index (κ2) is 9.38. The van der Waals surface area contributed by atoms with Gasteiger partial charge in [-0.3, -0.25) is 15.0 Å². The number of hydrazine groups is 1. The van der Waals surface area contributed by atoms with Crippen LogP contribution in [-0.2, 0) is 16.2 Å². The van der Waals surface area contributed by atoms with Gasteiger partial charge in [0.25, 0.3) is 11.8 Å². The predicted molar refractivity (Wildman–Crippen MR) is 128 cm³/mol. The van der Waals surface area contributed by atoms with E-state index in [0.29, 0.717) is 34.4 Å². The second-order valence-electron chi connectivity index (χ2n) is 7.73. The molecule has 0 unspecified atom stereocenters. The number of aryl methyl sites for hydroxylation is 2. The molecule has 0 atom stereocenters. The molecule has 1 heterocycles. The van der Waals surface area contributed by atoms with Gasteiger partial charge in [-0.25, -0.2) is 5.01 Å². The molecule has 1 saturated heterocycles. The first-order chi connectivity index (χ1) is 15.9. The van der Waals surface area contributed by atoms with Crippen LogP contribution in [0, 0.1) is 13.8 Å². The van der Waals surface area contributed by atoms with E-state index >= 15 is 0 Å². The molecule has 6 nitrogen and oxygen atoms in total. The lowest BCUT2D eigenvalue weighted by molar-refractivity contribution is -0.117. The number of rotatable bonds is 6. The molecule has 7 heteroatoms. The summed E-state index contributed by atoms with van der Waals surface area (Å²) in [6, 6.07) is 18.2. The molecule has 0 aromatic heterocycles. The van der Waals surface area contributed by atoms with Gasteiger partial charge in [-0.05, 0) is 78.6 Å². The normalized spacial score (nSPS) is 14.5. The number of halogens is 1. The molecule has 2 amide bonds. The fourth-order valence-electron chi connectivity index (χ4n) is 3.41. The van der Waals surface area contributed by atoms with Gasteiger partial charge in [0, 0.05) is 5.02 Å². The Hall–Kier alpha value is -3.77. The molecule has 33 heavy (non-hydrogen) atoms. The number of carbonyl (C=O) groups excluding carboxylic acids is 2. The number of anilines is 1. The number of hydrogen-bond acceptors (Lipinski definition) is 4. The highest BCUT2D eigenvalue weighted by atomic mass is 35.5. The van der Waals surface area contributed by atoms with Crippen LogP contribution in [0.2, 0.25) is 5.02 Å². The Balaban J connectivity index is 1.54. The predicted octanol–water partition coefficient (Wildman–Crippen LogP) is 5.01. The third-order valence-corrected chi connectivity index (χ3v) is 5.70. The van der Waals surface area contributed by atoms with E-state index in [1.54, 1.807) is 42.5 Å². The third-order valence-electron chi connectivity index (χ3n) is 5.45. The first-order valence-corrected chi connectivity index (χ1v) is 10.7. The van der Waals surface area contributed by atoms with E-state index in [2.05, 4.69) is 5.43 Å². The average molecular weight is 463 g/mol. The minimum absolute atomic E-state index is 0.0464. The molecule has 0 spiro atoms. The Bertz CT molecular complexity index is 1250. The summed E-state index contributed by atoms with van der Waals surface area (Å²) in [6.45, 7) is 4.30. The van der Waals surface area contributed by atoms with Gasteiger partial charge in [0.2, 0.25) is 0 Å². The quantitative estimate of drug-likeness (QED) is 0.413. The van der Waals surface area contributed by atoms with Gasteiger partial charge in [0.15, 0.2) is 11.5 Å². The maximum absolute atomic E-state index is 12.9. The lowest BCUT2D eigenvalue weighted by atomic mass is 10.1. The van der Waals surface area contributed by atoms with Gasteiger partial charge >= 0.3 is 0 Å². The number of nitrogens with one attached hydrogen (secondary N) is 1. The van der Waals surface area contributed by atoms with Crippen LogP contribution in [0.15, 0.2) is 66.2 Å². The zero-order chi connectivity index (χ0) is 23.5. The summed E-state index contributed by atoms with van der Waals surface area (Å²) >= 11 is 5.92. The first kappa shape index (κ1) is 22.4. The molecule has 1 aliphatic rings. The highest BCUT2D eigenvalue weighted by Gasteiger charge is 2.34. The van der Waals surface area contributed by atoms with Crippen LogP contribution >= 0.6 is 11.6 Å². The van der Waals surface area contributed by atoms with Crippen LogP contribution in [-0.4, -0.2) is 18.9 Å². The molecule has 3 aromatic rings. The van der Waals surface area contributed by atoms with Crippen molar-refractivity contribution < 1.29 is 19.1 Å². The molecule has 1 fully saturated rings. The topological polar surface area (TPSA) is 67.9 Å². The van der Waals surface area contributed by atoms with Crippen LogP contribution in [0.5, 0.6) is 11.5 Å². The lowest BCUT2D eigenvalue weighted by Crippen LogP contribution is -2.35. The van der Waals surface area contributed by atoms with Crippen LogP contribution in [0.4, 0.5) is 5.69 Å². The average Bonchev–Trinajstić information content (AvgIpc) is 3.09. The van der Waals surface area contributed by atoms with Crippen LogP contribution in [0.3, 0.4) is 0 Å². The maximum atomic E-state index is 12.9. The number of ether oxygens (including phenoxy) is 2. The van der Waals surface area contributed by atoms with Gasteiger partial charge in [0.1, 0.15) is 12.2 Å². The van der Waals surface area contributed by atoms with Gasteiger partial charge < -0.3 is 9.47 Å². The summed E-state index contributed by atoms with van der Waals surface area (Å²) < 4.78 is 11.3. The van der Waals surface area contributed by atoms with Crippen molar-refractivity contribution >= 4 is 35.2 Å². The van der Waals surface area contributed by atoms with Crippen LogP contribution < -0.4 is 19.9 Å². The SMILES string of the molecule is COc1cc(/C=C2/C(=O)NN(c3ccc(C)c(C)c3)C2=O)ccc1OCc1ccc(Cl)cc1.